The molecule has 0 unspecified atom stereocenters. The van der Waals surface area contributed by atoms with Crippen molar-refractivity contribution in [3.63, 3.8) is 0 Å². The largest absolute Gasteiger partial charge is 0.286 e. The molecule has 4 nitrogen and oxygen atoms in total. The Morgan fingerprint density at radius 1 is 1.33 bits per heavy atom. The summed E-state index contributed by atoms with van der Waals surface area (Å²) in [6.45, 7) is 0. The minimum Gasteiger partial charge on any atom is -0.286 e. The van der Waals surface area contributed by atoms with Crippen LogP contribution in [0.5, 0.6) is 0 Å². The summed E-state index contributed by atoms with van der Waals surface area (Å²) < 4.78 is 10.4. The number of hydrogen-bond donors (Lipinski definition) is 2. The number of H-pyrrole nitrogens is 2. The fourth-order valence-corrected chi connectivity index (χ4v) is 0.623. The molecule has 0 aromatic carbocycles. The molecular formula is C4H4N2O2S. The summed E-state index contributed by atoms with van der Waals surface area (Å²) >= 11 is 0.302. The Bertz CT molecular complexity index is 309. The van der Waals surface area contributed by atoms with Crippen LogP contribution >= 0.6 is 0 Å². The van der Waals surface area contributed by atoms with E-state index in [0.29, 0.717) is 15.9 Å². The Hall–Kier alpha value is -1.10. The van der Waals surface area contributed by atoms with E-state index in [1.165, 1.54) is 12.1 Å². The summed E-state index contributed by atoms with van der Waals surface area (Å²) in [5.74, 6) is 0. The molecule has 2 N–H and O–H groups in total. The van der Waals surface area contributed by atoms with E-state index in [4.69, 9.17) is 0 Å². The lowest BCUT2D eigenvalue weighted by Gasteiger charge is -1.78. The zero-order valence-corrected chi connectivity index (χ0v) is 5.20. The summed E-state index contributed by atoms with van der Waals surface area (Å²) in [4.78, 5) is 10.3. The molecule has 48 valence electrons. The highest BCUT2D eigenvalue weighted by atomic mass is 32.1. The summed E-state index contributed by atoms with van der Waals surface area (Å²) in [5, 5.41) is 4.65. The second kappa shape index (κ2) is 2.45. The van der Waals surface area contributed by atoms with Crippen LogP contribution < -0.4 is 5.56 Å². The highest BCUT2D eigenvalue weighted by molar-refractivity contribution is 7.56. The number of rotatable bonds is 0. The molecule has 0 saturated carbocycles. The second-order valence-corrected chi connectivity index (χ2v) is 2.00. The highest BCUT2D eigenvalue weighted by Crippen LogP contribution is 1.68. The van der Waals surface area contributed by atoms with Gasteiger partial charge < -0.3 is 0 Å². The summed E-state index contributed by atoms with van der Waals surface area (Å²) in [7, 11) is 0. The van der Waals surface area contributed by atoms with Crippen molar-refractivity contribution in [2.24, 2.45) is 0 Å². The van der Waals surface area contributed by atoms with Crippen LogP contribution in [0.15, 0.2) is 16.9 Å². The average Bonchev–Trinajstić information content (AvgIpc) is 1.90. The Kier molecular flexibility index (Phi) is 1.64. The maximum absolute atomic E-state index is 10.3. The van der Waals surface area contributed by atoms with Crippen LogP contribution in [0, 0.1) is 4.64 Å². The third-order valence-corrected chi connectivity index (χ3v) is 1.20. The van der Waals surface area contributed by atoms with Crippen molar-refractivity contribution in [1.82, 2.24) is 10.2 Å². The zero-order valence-electron chi connectivity index (χ0n) is 4.38. The van der Waals surface area contributed by atoms with Gasteiger partial charge in [0.15, 0.2) is 0 Å². The van der Waals surface area contributed by atoms with E-state index in [9.17, 15) is 9.00 Å². The van der Waals surface area contributed by atoms with Gasteiger partial charge >= 0.3 is 0 Å². The van der Waals surface area contributed by atoms with Gasteiger partial charge in [0.05, 0.1) is 0 Å². The Morgan fingerprint density at radius 3 is 2.56 bits per heavy atom. The molecule has 0 fully saturated rings. The molecule has 0 spiro atoms. The minimum atomic E-state index is -0.243. The van der Waals surface area contributed by atoms with Crippen LogP contribution in [-0.4, -0.2) is 14.4 Å². The predicted molar refractivity (Wildman–Crippen MR) is 32.8 cm³/mol. The molecule has 0 aliphatic carbocycles. The molecule has 0 aliphatic heterocycles. The predicted octanol–water partition coefficient (Wildman–Crippen LogP) is -0.552. The van der Waals surface area contributed by atoms with Crippen molar-refractivity contribution in [2.45, 2.75) is 0 Å². The molecule has 0 bridgehead atoms. The summed E-state index contributed by atoms with van der Waals surface area (Å²) in [6.07, 6.45) is 0. The van der Waals surface area contributed by atoms with E-state index in [1.807, 2.05) is 0 Å². The Balaban J connectivity index is 3.51. The number of nitrogens with one attached hydrogen (secondary N) is 2. The minimum absolute atomic E-state index is 0.243. The third-order valence-electron chi connectivity index (χ3n) is 0.785. The van der Waals surface area contributed by atoms with Crippen molar-refractivity contribution in [1.29, 1.82) is 0 Å². The van der Waals surface area contributed by atoms with Crippen molar-refractivity contribution >= 4 is 11.3 Å². The van der Waals surface area contributed by atoms with Gasteiger partial charge in [0.25, 0.3) is 5.56 Å². The molecule has 0 atom stereocenters. The first kappa shape index (κ1) is 6.03. The summed E-state index contributed by atoms with van der Waals surface area (Å²) in [5.41, 5.74) is -0.243. The lowest BCUT2D eigenvalue weighted by molar-refractivity contribution is 0.699. The molecule has 5 heteroatoms. The molecule has 0 aliphatic rings. The summed E-state index contributed by atoms with van der Waals surface area (Å²) in [6, 6.07) is 2.72. The van der Waals surface area contributed by atoms with E-state index in [0.717, 1.165) is 0 Å². The van der Waals surface area contributed by atoms with Crippen LogP contribution in [0.1, 0.15) is 0 Å². The van der Waals surface area contributed by atoms with Crippen molar-refractivity contribution in [3.8, 4) is 0 Å². The first-order valence-corrected chi connectivity index (χ1v) is 2.98. The van der Waals surface area contributed by atoms with Gasteiger partial charge in [-0.3, -0.25) is 15.0 Å². The molecule has 0 radical (unpaired) electrons. The normalized spacial score (nSPS) is 8.89. The SMILES string of the molecule is O=S=c1ccc(=O)[nH][nH]1. The van der Waals surface area contributed by atoms with Crippen molar-refractivity contribution < 1.29 is 4.21 Å². The van der Waals surface area contributed by atoms with Gasteiger partial charge in [-0.15, -0.1) is 0 Å². The van der Waals surface area contributed by atoms with Gasteiger partial charge in [-0.1, -0.05) is 0 Å². The van der Waals surface area contributed by atoms with E-state index in [1.54, 1.807) is 0 Å². The molecule has 1 aromatic heterocycles. The van der Waals surface area contributed by atoms with Gasteiger partial charge in [0.1, 0.15) is 15.9 Å². The smallest absolute Gasteiger partial charge is 0.262 e. The average molecular weight is 144 g/mol. The van der Waals surface area contributed by atoms with Crippen molar-refractivity contribution in [2.75, 3.05) is 0 Å². The molecule has 0 saturated heterocycles. The third kappa shape index (κ3) is 1.39. The van der Waals surface area contributed by atoms with Gasteiger partial charge in [0.2, 0.25) is 0 Å². The molecule has 9 heavy (non-hydrogen) atoms. The molecule has 1 heterocycles. The number of aromatic nitrogens is 2. The van der Waals surface area contributed by atoms with Crippen LogP contribution in [0.4, 0.5) is 0 Å². The molecule has 0 amide bonds. The van der Waals surface area contributed by atoms with Crippen LogP contribution in [0.2, 0.25) is 0 Å². The number of aromatic amines is 2. The fraction of sp³-hybridized carbons (Fsp3) is 0. The topological polar surface area (TPSA) is 65.7 Å². The van der Waals surface area contributed by atoms with E-state index in [2.05, 4.69) is 10.2 Å². The van der Waals surface area contributed by atoms with E-state index < -0.39 is 0 Å². The van der Waals surface area contributed by atoms with Gasteiger partial charge in [-0.2, -0.15) is 0 Å². The highest BCUT2D eigenvalue weighted by Gasteiger charge is 1.76. The molecule has 1 aromatic rings. The lowest BCUT2D eigenvalue weighted by atomic mass is 10.6. The molecule has 1 rings (SSSR count). The monoisotopic (exact) mass is 144 g/mol. The maximum Gasteiger partial charge on any atom is 0.262 e. The second-order valence-electron chi connectivity index (χ2n) is 1.40. The first-order valence-electron chi connectivity index (χ1n) is 2.24. The zero-order chi connectivity index (χ0) is 6.69. The van der Waals surface area contributed by atoms with E-state index in [-0.39, 0.29) is 5.56 Å². The Morgan fingerprint density at radius 2 is 2.11 bits per heavy atom. The van der Waals surface area contributed by atoms with Gasteiger partial charge in [0, 0.05) is 6.07 Å². The Labute approximate surface area is 53.6 Å². The first-order chi connectivity index (χ1) is 4.33. The molecular weight excluding hydrogens is 140 g/mol. The lowest BCUT2D eigenvalue weighted by Crippen LogP contribution is -2.04. The fourth-order valence-electron chi connectivity index (χ4n) is 0.407. The van der Waals surface area contributed by atoms with Crippen LogP contribution in [0.25, 0.3) is 0 Å². The van der Waals surface area contributed by atoms with Crippen LogP contribution in [0.3, 0.4) is 0 Å². The number of hydrogen-bond acceptors (Lipinski definition) is 2. The van der Waals surface area contributed by atoms with Crippen molar-refractivity contribution in [3.05, 3.63) is 27.1 Å². The quantitative estimate of drug-likeness (QED) is 0.480. The van der Waals surface area contributed by atoms with Gasteiger partial charge in [-0.25, -0.2) is 4.21 Å². The van der Waals surface area contributed by atoms with Gasteiger partial charge in [-0.05, 0) is 6.07 Å². The van der Waals surface area contributed by atoms with Crippen LogP contribution in [-0.2, 0) is 11.3 Å². The van der Waals surface area contributed by atoms with E-state index >= 15 is 0 Å². The maximum atomic E-state index is 10.3. The standard InChI is InChI=1S/C4H4N2O2S/c7-3-1-2-4(9-8)6-5-3/h1-2,6H,(H,5,7).